The Morgan fingerprint density at radius 1 is 0.694 bits per heavy atom. The number of hydrazone groups is 1. The lowest BCUT2D eigenvalue weighted by atomic mass is 9.89. The van der Waals surface area contributed by atoms with Gasteiger partial charge in [-0.3, -0.25) is 24.2 Å². The summed E-state index contributed by atoms with van der Waals surface area (Å²) in [6.45, 7) is 11.9. The molecule has 0 aromatic carbocycles. The number of carbonyl (C=O) groups excluding carboxylic acids is 2. The number of aryl methyl sites for hydroxylation is 3. The molecule has 0 amide bonds. The molecule has 0 radical (unpaired) electrons. The average Bonchev–Trinajstić information content (AvgIpc) is 4.17. The van der Waals surface area contributed by atoms with Gasteiger partial charge in [0, 0.05) is 61.7 Å². The second-order valence-corrected chi connectivity index (χ2v) is 20.7. The number of hydrogen-bond donors (Lipinski definition) is 2. The van der Waals surface area contributed by atoms with Crippen LogP contribution in [0.25, 0.3) is 22.8 Å². The molecule has 2 aliphatic carbocycles. The molecule has 2 N–H and O–H groups in total. The highest BCUT2D eigenvalue weighted by atomic mass is 16.4. The van der Waals surface area contributed by atoms with Gasteiger partial charge in [-0.2, -0.15) is 5.10 Å². The summed E-state index contributed by atoms with van der Waals surface area (Å²) in [6, 6.07) is 7.86. The largest absolute Gasteiger partial charge is 0.418 e. The molecule has 20 heteroatoms. The Kier molecular flexibility index (Phi) is 14.3. The van der Waals surface area contributed by atoms with E-state index in [4.69, 9.17) is 18.8 Å². The van der Waals surface area contributed by atoms with E-state index >= 15 is 0 Å². The maximum absolute atomic E-state index is 13.0. The molecule has 1 aliphatic heterocycles. The standard InChI is InChI=1S/C26H31N8O2.C26H30N8O2/c2*1-26(2,3)24-33-32-23(36-24)22(35)12-17-8-6-5-7-16-11-21(28-14-19(16)17)20-9-10-27-25(31-20)30-18-13-29-34(4)15-18/h9-11,13-15,17-18H,5-8,12H2,1-4H3,(H,27,30,31);9-11,13-15,17H,5-8,12H2,1-4H3,(H,27,30,31)/q+1;/t;17-/m.0/s1. The molecular weight excluding hydrogens is 913 g/mol. The summed E-state index contributed by atoms with van der Waals surface area (Å²) in [7, 11) is 3.73. The van der Waals surface area contributed by atoms with Crippen molar-refractivity contribution in [3.63, 3.8) is 0 Å². The van der Waals surface area contributed by atoms with E-state index in [2.05, 4.69) is 73.3 Å². The lowest BCUT2D eigenvalue weighted by Crippen LogP contribution is -2.22. The molecule has 3 atom stereocenters. The summed E-state index contributed by atoms with van der Waals surface area (Å²) in [6.07, 6.45) is 23.2. The third-order valence-corrected chi connectivity index (χ3v) is 12.8. The fraction of sp³-hybridized carbons (Fsp3) is 0.442. The van der Waals surface area contributed by atoms with Crippen LogP contribution >= 0.6 is 0 Å². The Morgan fingerprint density at radius 2 is 1.22 bits per heavy atom. The smallest absolute Gasteiger partial charge is 0.284 e. The fourth-order valence-electron chi connectivity index (χ4n) is 8.97. The molecule has 3 aliphatic rings. The molecule has 20 nitrogen and oxygen atoms in total. The number of nitrogens with one attached hydrogen (secondary N) is 2. The minimum Gasteiger partial charge on any atom is -0.418 e. The van der Waals surface area contributed by atoms with Gasteiger partial charge in [-0.25, -0.2) is 19.9 Å². The lowest BCUT2D eigenvalue weighted by Gasteiger charge is -2.17. The maximum atomic E-state index is 13.0. The van der Waals surface area contributed by atoms with E-state index in [1.54, 1.807) is 34.2 Å². The predicted octanol–water partition coefficient (Wildman–Crippen LogP) is 8.57. The third-order valence-electron chi connectivity index (χ3n) is 12.8. The first-order chi connectivity index (χ1) is 34.5. The van der Waals surface area contributed by atoms with Gasteiger partial charge in [-0.15, -0.1) is 20.4 Å². The Hall–Kier alpha value is -7.77. The molecule has 372 valence electrons. The van der Waals surface area contributed by atoms with E-state index in [9.17, 15) is 9.59 Å². The zero-order valence-corrected chi connectivity index (χ0v) is 42.1. The maximum Gasteiger partial charge on any atom is 0.284 e. The van der Waals surface area contributed by atoms with Crippen LogP contribution in [0.4, 0.5) is 17.6 Å². The second kappa shape index (κ2) is 20.9. The van der Waals surface area contributed by atoms with Crippen molar-refractivity contribution >= 4 is 41.6 Å². The van der Waals surface area contributed by atoms with E-state index in [0.29, 0.717) is 36.5 Å². The van der Waals surface area contributed by atoms with E-state index in [1.807, 2.05) is 92.6 Å². The molecule has 7 aromatic heterocycles. The quantitative estimate of drug-likeness (QED) is 0.0661. The number of carbonyl (C=O) groups is 2. The number of anilines is 3. The van der Waals surface area contributed by atoms with Crippen LogP contribution in [0.15, 0.2) is 75.4 Å². The van der Waals surface area contributed by atoms with Gasteiger partial charge in [0.05, 0.1) is 34.7 Å². The Bertz CT molecular complexity index is 3140. The van der Waals surface area contributed by atoms with Crippen LogP contribution in [0.5, 0.6) is 0 Å². The van der Waals surface area contributed by atoms with Gasteiger partial charge in [-0.1, -0.05) is 59.1 Å². The molecular formula is C52H61N16O4+. The van der Waals surface area contributed by atoms with Gasteiger partial charge < -0.3 is 19.5 Å². The SMILES string of the molecule is C[N+]1=CC(Nc2nccc(-c3cc4c(cn3)C(CC(=O)c3nnc(C(C)(C)C)o3)CCCC4)n2)C=N1.Cn1cc(Nc2nccc(-c3cc4c(cn3)[C@H](CC(=O)c3nnc(C(C)(C)C)o3)CCCC4)n2)cn1. The summed E-state index contributed by atoms with van der Waals surface area (Å²) < 4.78 is 14.8. The fourth-order valence-corrected chi connectivity index (χ4v) is 8.97. The molecule has 0 spiro atoms. The number of fused-ring (bicyclic) bond motifs is 2. The first kappa shape index (κ1) is 49.2. The molecule has 8 heterocycles. The van der Waals surface area contributed by atoms with Gasteiger partial charge in [0.25, 0.3) is 11.8 Å². The van der Waals surface area contributed by atoms with Crippen molar-refractivity contribution in [2.45, 2.75) is 134 Å². The van der Waals surface area contributed by atoms with Crippen LogP contribution in [-0.4, -0.2) is 102 Å². The van der Waals surface area contributed by atoms with Crippen LogP contribution < -0.4 is 10.6 Å². The highest BCUT2D eigenvalue weighted by Gasteiger charge is 2.30. The van der Waals surface area contributed by atoms with Crippen LogP contribution in [0.3, 0.4) is 0 Å². The van der Waals surface area contributed by atoms with Gasteiger partial charge in [0.15, 0.2) is 13.1 Å². The number of ketones is 2. The lowest BCUT2D eigenvalue weighted by molar-refractivity contribution is -0.494. The van der Waals surface area contributed by atoms with Crippen molar-refractivity contribution in [1.82, 2.24) is 60.1 Å². The first-order valence-corrected chi connectivity index (χ1v) is 24.6. The van der Waals surface area contributed by atoms with Gasteiger partial charge >= 0.3 is 0 Å². The minimum absolute atomic E-state index is 0.0538. The molecule has 0 saturated carbocycles. The Morgan fingerprint density at radius 3 is 1.69 bits per heavy atom. The zero-order chi connectivity index (χ0) is 50.6. The van der Waals surface area contributed by atoms with Crippen molar-refractivity contribution in [2.75, 3.05) is 17.7 Å². The monoisotopic (exact) mass is 974 g/mol. The number of pyridine rings is 2. The number of rotatable bonds is 12. The second-order valence-electron chi connectivity index (χ2n) is 20.7. The van der Waals surface area contributed by atoms with Crippen molar-refractivity contribution < 1.29 is 23.1 Å². The Labute approximate surface area is 417 Å². The molecule has 72 heavy (non-hydrogen) atoms. The predicted molar refractivity (Wildman–Crippen MR) is 270 cm³/mol. The molecule has 10 rings (SSSR count). The van der Waals surface area contributed by atoms with Gasteiger partial charge in [0.2, 0.25) is 41.5 Å². The highest BCUT2D eigenvalue weighted by molar-refractivity contribution is 5.93. The van der Waals surface area contributed by atoms with Gasteiger partial charge in [-0.05, 0) is 102 Å². The normalized spacial score (nSPS) is 17.7. The summed E-state index contributed by atoms with van der Waals surface area (Å²) in [5, 5.41) is 31.0. The average molecular weight is 974 g/mol. The van der Waals surface area contributed by atoms with Crippen molar-refractivity contribution in [1.29, 1.82) is 0 Å². The van der Waals surface area contributed by atoms with Crippen LogP contribution in [0.1, 0.15) is 160 Å². The Balaban J connectivity index is 0.000000178. The molecule has 2 unspecified atom stereocenters. The van der Waals surface area contributed by atoms with E-state index in [0.717, 1.165) is 91.0 Å². The number of hydrogen-bond acceptors (Lipinski definition) is 18. The number of aromatic nitrogens is 12. The highest BCUT2D eigenvalue weighted by Crippen LogP contribution is 2.37. The van der Waals surface area contributed by atoms with Crippen molar-refractivity contribution in [3.05, 3.63) is 107 Å². The van der Waals surface area contributed by atoms with E-state index in [1.165, 1.54) is 11.1 Å². The number of Topliss-reactive ketones (excluding diaryl/α,β-unsaturated/α-hetero) is 2. The van der Waals surface area contributed by atoms with E-state index < -0.39 is 0 Å². The molecule has 0 bridgehead atoms. The van der Waals surface area contributed by atoms with Crippen LogP contribution in [0.2, 0.25) is 0 Å². The van der Waals surface area contributed by atoms with Gasteiger partial charge in [0.1, 0.15) is 6.21 Å². The summed E-state index contributed by atoms with van der Waals surface area (Å²) in [5.74, 6) is 2.01. The van der Waals surface area contributed by atoms with E-state index in [-0.39, 0.29) is 52.1 Å². The summed E-state index contributed by atoms with van der Waals surface area (Å²) >= 11 is 0. The molecule has 0 saturated heterocycles. The zero-order valence-electron chi connectivity index (χ0n) is 42.1. The van der Waals surface area contributed by atoms with Crippen LogP contribution in [0, 0.1) is 0 Å². The number of nitrogens with zero attached hydrogens (tertiary/aromatic N) is 14. The van der Waals surface area contributed by atoms with Crippen molar-refractivity contribution in [2.24, 2.45) is 12.1 Å². The first-order valence-electron chi connectivity index (χ1n) is 24.6. The van der Waals surface area contributed by atoms with Crippen LogP contribution in [-0.2, 0) is 30.7 Å². The summed E-state index contributed by atoms with van der Waals surface area (Å²) in [4.78, 5) is 53.4. The third kappa shape index (κ3) is 11.9. The topological polar surface area (TPSA) is 247 Å². The summed E-state index contributed by atoms with van der Waals surface area (Å²) in [5.41, 5.74) is 7.92. The molecule has 7 aromatic rings. The van der Waals surface area contributed by atoms with Crippen molar-refractivity contribution in [3.8, 4) is 22.8 Å². The minimum atomic E-state index is -0.296. The molecule has 0 fully saturated rings.